The van der Waals surface area contributed by atoms with Crippen LogP contribution in [0.5, 0.6) is 0 Å². The minimum Gasteiger partial charge on any atom is -0.390 e. The second-order valence-corrected chi connectivity index (χ2v) is 14.8. The van der Waals surface area contributed by atoms with Crippen molar-refractivity contribution in [2.24, 2.45) is 16.8 Å². The van der Waals surface area contributed by atoms with Crippen LogP contribution in [0, 0.1) is 18.8 Å². The minimum atomic E-state index is -1.61. The number of allylic oxidation sites excluding steroid dienone is 1. The molecule has 1 fully saturated rings. The van der Waals surface area contributed by atoms with Crippen LogP contribution in [0.3, 0.4) is 0 Å². The van der Waals surface area contributed by atoms with Crippen LogP contribution in [0.4, 0.5) is 5.95 Å². The number of benzene rings is 2. The molecule has 2 unspecified atom stereocenters. The predicted molar refractivity (Wildman–Crippen MR) is 189 cm³/mol. The van der Waals surface area contributed by atoms with Gasteiger partial charge in [-0.15, -0.1) is 0 Å². The lowest BCUT2D eigenvalue weighted by Crippen LogP contribution is -2.50. The van der Waals surface area contributed by atoms with E-state index in [-0.39, 0.29) is 12.0 Å². The standard InChI is InChI=1S/C38H52N6O4/c1-7-10-33-32(35(45)43(36-39-25(4)41-44(33)36)29-19-15-26(16-20-29)21-22-37(5,6)46)23-27-13-17-28(18-14-27)30-11-8-9-12-31(30)34-40-38(47,24(2)3)48-42-34/h8-9,11-14,17-18,24,26,29,35,45-47H,7,10,15-16,19-23H2,1-6H3,(H,40,42). The average molecular weight is 657 g/mol. The quantitative estimate of drug-likeness (QED) is 0.188. The number of aliphatic hydroxyl groups excluding tert-OH is 1. The zero-order valence-electron chi connectivity index (χ0n) is 29.3. The molecule has 1 aromatic heterocycles. The molecule has 258 valence electrons. The molecule has 1 aliphatic carbocycles. The number of rotatable bonds is 11. The molecule has 2 aromatic carbocycles. The molecule has 3 heterocycles. The molecular formula is C38H52N6O4. The number of hydroxylamine groups is 1. The molecule has 0 saturated heterocycles. The Balaban J connectivity index is 1.25. The summed E-state index contributed by atoms with van der Waals surface area (Å²) in [6, 6.07) is 16.6. The van der Waals surface area contributed by atoms with Gasteiger partial charge < -0.3 is 20.2 Å². The molecule has 0 radical (unpaired) electrons. The molecule has 0 spiro atoms. The summed E-state index contributed by atoms with van der Waals surface area (Å²) in [5.41, 5.74) is 8.14. The van der Waals surface area contributed by atoms with E-state index in [1.807, 2.05) is 63.6 Å². The van der Waals surface area contributed by atoms with Gasteiger partial charge in [0.15, 0.2) is 12.1 Å². The number of anilines is 1. The van der Waals surface area contributed by atoms with Crippen LogP contribution in [0.25, 0.3) is 16.8 Å². The van der Waals surface area contributed by atoms with Crippen molar-refractivity contribution < 1.29 is 20.2 Å². The smallest absolute Gasteiger partial charge is 0.293 e. The molecule has 0 amide bonds. The van der Waals surface area contributed by atoms with Gasteiger partial charge in [-0.05, 0) is 94.7 Å². The second-order valence-electron chi connectivity index (χ2n) is 14.8. The summed E-state index contributed by atoms with van der Waals surface area (Å²) < 4.78 is 1.99. The molecule has 10 nitrogen and oxygen atoms in total. The fraction of sp³-hybridized carbons (Fsp3) is 0.553. The van der Waals surface area contributed by atoms with Crippen LogP contribution >= 0.6 is 0 Å². The Morgan fingerprint density at radius 3 is 2.35 bits per heavy atom. The first-order valence-corrected chi connectivity index (χ1v) is 17.7. The van der Waals surface area contributed by atoms with Crippen LogP contribution in [0.2, 0.25) is 0 Å². The maximum Gasteiger partial charge on any atom is 0.293 e. The normalized spacial score (nSPS) is 24.6. The van der Waals surface area contributed by atoms with Crippen LogP contribution < -0.4 is 10.4 Å². The summed E-state index contributed by atoms with van der Waals surface area (Å²) in [6.45, 7) is 11.6. The van der Waals surface area contributed by atoms with Crippen LogP contribution in [-0.2, 0) is 11.3 Å². The summed E-state index contributed by atoms with van der Waals surface area (Å²) in [7, 11) is 0. The fourth-order valence-corrected chi connectivity index (χ4v) is 7.30. The maximum absolute atomic E-state index is 12.1. The summed E-state index contributed by atoms with van der Waals surface area (Å²) in [5, 5.41) is 38.0. The molecule has 3 aromatic rings. The van der Waals surface area contributed by atoms with Gasteiger partial charge in [0.1, 0.15) is 5.82 Å². The van der Waals surface area contributed by atoms with E-state index in [2.05, 4.69) is 46.6 Å². The average Bonchev–Trinajstić information content (AvgIpc) is 3.65. The highest BCUT2D eigenvalue weighted by Gasteiger charge is 2.40. The number of aliphatic imine (C=N–C) groups is 1. The number of amidine groups is 1. The lowest BCUT2D eigenvalue weighted by molar-refractivity contribution is -0.230. The third kappa shape index (κ3) is 7.08. The monoisotopic (exact) mass is 656 g/mol. The number of fused-ring (bicyclic) bond motifs is 1. The number of hydrogen-bond donors (Lipinski definition) is 4. The highest BCUT2D eigenvalue weighted by Crippen LogP contribution is 2.40. The molecule has 1 saturated carbocycles. The molecular weight excluding hydrogens is 604 g/mol. The van der Waals surface area contributed by atoms with Crippen molar-refractivity contribution in [3.8, 4) is 11.1 Å². The summed E-state index contributed by atoms with van der Waals surface area (Å²) >= 11 is 0. The van der Waals surface area contributed by atoms with E-state index in [4.69, 9.17) is 14.9 Å². The van der Waals surface area contributed by atoms with Crippen molar-refractivity contribution in [2.75, 3.05) is 4.90 Å². The van der Waals surface area contributed by atoms with Gasteiger partial charge in [0.2, 0.25) is 5.95 Å². The zero-order valence-corrected chi connectivity index (χ0v) is 29.3. The Hall–Kier alpha value is -3.57. The first-order chi connectivity index (χ1) is 22.9. The van der Waals surface area contributed by atoms with Gasteiger partial charge in [0, 0.05) is 28.8 Å². The molecule has 3 aliphatic rings. The number of aliphatic hydroxyl groups is 3. The van der Waals surface area contributed by atoms with Gasteiger partial charge in [-0.3, -0.25) is 0 Å². The third-order valence-electron chi connectivity index (χ3n) is 10.2. The summed E-state index contributed by atoms with van der Waals surface area (Å²) in [5.74, 6) is 0.714. The van der Waals surface area contributed by atoms with E-state index in [1.165, 1.54) is 0 Å². The Morgan fingerprint density at radius 2 is 1.73 bits per heavy atom. The Morgan fingerprint density at radius 1 is 1.04 bits per heavy atom. The lowest BCUT2D eigenvalue weighted by Gasteiger charge is -2.43. The SMILES string of the molecule is CCCC1=C(Cc2ccc(-c3ccccc3C3=NC(O)(C(C)C)ON3)cc2)C(O)N(C2CCC(CCC(C)(C)O)CC2)c2nc(C)nn21. The van der Waals surface area contributed by atoms with Crippen molar-refractivity contribution in [3.05, 3.63) is 71.1 Å². The van der Waals surface area contributed by atoms with Crippen molar-refractivity contribution >= 4 is 17.5 Å². The maximum atomic E-state index is 12.1. The fourth-order valence-electron chi connectivity index (χ4n) is 7.30. The Bertz CT molecular complexity index is 1650. The van der Waals surface area contributed by atoms with Gasteiger partial charge in [-0.25, -0.2) is 20.0 Å². The van der Waals surface area contributed by atoms with Gasteiger partial charge >= 0.3 is 0 Å². The van der Waals surface area contributed by atoms with Crippen molar-refractivity contribution in [2.45, 2.75) is 123 Å². The third-order valence-corrected chi connectivity index (χ3v) is 10.2. The lowest BCUT2D eigenvalue weighted by atomic mass is 9.80. The highest BCUT2D eigenvalue weighted by atomic mass is 16.8. The molecule has 0 bridgehead atoms. The summed E-state index contributed by atoms with van der Waals surface area (Å²) in [6.07, 6.45) is 7.47. The highest BCUT2D eigenvalue weighted by molar-refractivity contribution is 6.04. The topological polar surface area (TPSA) is 128 Å². The van der Waals surface area contributed by atoms with E-state index >= 15 is 0 Å². The van der Waals surface area contributed by atoms with Gasteiger partial charge in [0.05, 0.1) is 5.60 Å². The van der Waals surface area contributed by atoms with Crippen molar-refractivity contribution in [3.63, 3.8) is 0 Å². The van der Waals surface area contributed by atoms with E-state index in [1.54, 1.807) is 0 Å². The number of nitrogens with zero attached hydrogens (tertiary/aromatic N) is 5. The van der Waals surface area contributed by atoms with Gasteiger partial charge in [-0.2, -0.15) is 10.1 Å². The molecule has 2 atom stereocenters. The number of aryl methyl sites for hydroxylation is 1. The van der Waals surface area contributed by atoms with Gasteiger partial charge in [0.25, 0.3) is 5.91 Å². The van der Waals surface area contributed by atoms with Gasteiger partial charge in [-0.1, -0.05) is 75.7 Å². The largest absolute Gasteiger partial charge is 0.390 e. The molecule has 2 aliphatic heterocycles. The Labute approximate surface area is 284 Å². The van der Waals surface area contributed by atoms with Crippen LogP contribution in [0.15, 0.2) is 59.1 Å². The molecule has 4 N–H and O–H groups in total. The van der Waals surface area contributed by atoms with Crippen molar-refractivity contribution in [1.29, 1.82) is 0 Å². The van der Waals surface area contributed by atoms with E-state index in [0.717, 1.165) is 90.8 Å². The number of hydrogen-bond acceptors (Lipinski definition) is 9. The Kier molecular flexibility index (Phi) is 9.82. The first-order valence-electron chi connectivity index (χ1n) is 17.7. The summed E-state index contributed by atoms with van der Waals surface area (Å²) in [4.78, 5) is 16.9. The van der Waals surface area contributed by atoms with E-state index < -0.39 is 17.7 Å². The number of aromatic nitrogens is 3. The minimum absolute atomic E-state index is 0.169. The van der Waals surface area contributed by atoms with Crippen molar-refractivity contribution in [1.82, 2.24) is 20.2 Å². The van der Waals surface area contributed by atoms with E-state index in [9.17, 15) is 15.3 Å². The predicted octanol–water partition coefficient (Wildman–Crippen LogP) is 6.34. The second kappa shape index (κ2) is 13.7. The first kappa shape index (κ1) is 34.3. The zero-order chi connectivity index (χ0) is 34.2. The molecule has 10 heteroatoms. The number of nitrogens with one attached hydrogen (secondary N) is 1. The van der Waals surface area contributed by atoms with E-state index in [0.29, 0.717) is 24.0 Å². The molecule has 6 rings (SSSR count). The van der Waals surface area contributed by atoms with Crippen LogP contribution in [-0.4, -0.2) is 59.7 Å². The van der Waals surface area contributed by atoms with Crippen LogP contribution in [0.1, 0.15) is 103 Å². The molecule has 48 heavy (non-hydrogen) atoms.